The summed E-state index contributed by atoms with van der Waals surface area (Å²) in [6.45, 7) is 2.49. The zero-order valence-electron chi connectivity index (χ0n) is 8.30. The second-order valence-electron chi connectivity index (χ2n) is 2.80. The highest BCUT2D eigenvalue weighted by Crippen LogP contribution is 2.01. The van der Waals surface area contributed by atoms with Crippen LogP contribution in [0.5, 0.6) is 0 Å². The Morgan fingerprint density at radius 2 is 2.38 bits per heavy atom. The van der Waals surface area contributed by atoms with Crippen LogP contribution in [0.4, 0.5) is 0 Å². The summed E-state index contributed by atoms with van der Waals surface area (Å²) >= 11 is 0. The van der Waals surface area contributed by atoms with Crippen molar-refractivity contribution in [3.63, 3.8) is 0 Å². The number of carbonyl (C=O) groups excluding carboxylic acids is 1. The lowest BCUT2D eigenvalue weighted by Gasteiger charge is -2.13. The van der Waals surface area contributed by atoms with E-state index in [1.807, 2.05) is 0 Å². The number of hydrogen-bond donors (Lipinski definition) is 1. The maximum atomic E-state index is 11.2. The third-order valence-corrected chi connectivity index (χ3v) is 1.78. The van der Waals surface area contributed by atoms with E-state index in [1.54, 1.807) is 0 Å². The Balaban J connectivity index is 3.88. The predicted molar refractivity (Wildman–Crippen MR) is 52.2 cm³/mol. The Bertz CT molecular complexity index is 184. The minimum absolute atomic E-state index is 0.233. The molecular weight excluding hydrogens is 166 g/mol. The van der Waals surface area contributed by atoms with Crippen LogP contribution in [0.2, 0.25) is 0 Å². The van der Waals surface area contributed by atoms with Gasteiger partial charge in [-0.05, 0) is 6.42 Å². The first-order valence-corrected chi connectivity index (χ1v) is 4.50. The van der Waals surface area contributed by atoms with E-state index in [1.165, 1.54) is 7.11 Å². The van der Waals surface area contributed by atoms with Gasteiger partial charge in [0.25, 0.3) is 0 Å². The Morgan fingerprint density at radius 1 is 1.69 bits per heavy atom. The average molecular weight is 183 g/mol. The van der Waals surface area contributed by atoms with Gasteiger partial charge in [-0.15, -0.1) is 6.42 Å². The zero-order chi connectivity index (χ0) is 10.1. The van der Waals surface area contributed by atoms with Crippen LogP contribution in [-0.4, -0.2) is 25.7 Å². The van der Waals surface area contributed by atoms with E-state index in [0.29, 0.717) is 6.54 Å². The van der Waals surface area contributed by atoms with Gasteiger partial charge in [-0.2, -0.15) is 0 Å². The SMILES string of the molecule is C#CCNC(CCCC)C(=O)OC. The lowest BCUT2D eigenvalue weighted by molar-refractivity contribution is -0.143. The van der Waals surface area contributed by atoms with Crippen molar-refractivity contribution in [3.8, 4) is 12.3 Å². The average Bonchev–Trinajstić information content (AvgIpc) is 2.17. The van der Waals surface area contributed by atoms with Crippen LogP contribution < -0.4 is 5.32 Å². The summed E-state index contributed by atoms with van der Waals surface area (Å²) in [6.07, 6.45) is 7.92. The number of rotatable bonds is 6. The minimum atomic E-state index is -0.249. The first-order valence-electron chi connectivity index (χ1n) is 4.50. The van der Waals surface area contributed by atoms with Crippen LogP contribution >= 0.6 is 0 Å². The zero-order valence-corrected chi connectivity index (χ0v) is 8.30. The van der Waals surface area contributed by atoms with E-state index in [2.05, 4.69) is 22.9 Å². The molecule has 1 unspecified atom stereocenters. The third kappa shape index (κ3) is 5.26. The smallest absolute Gasteiger partial charge is 0.322 e. The number of methoxy groups -OCH3 is 1. The molecule has 3 nitrogen and oxygen atoms in total. The molecule has 0 aromatic heterocycles. The van der Waals surface area contributed by atoms with E-state index in [-0.39, 0.29) is 12.0 Å². The second-order valence-corrected chi connectivity index (χ2v) is 2.80. The normalized spacial score (nSPS) is 11.8. The molecule has 0 fully saturated rings. The minimum Gasteiger partial charge on any atom is -0.468 e. The highest BCUT2D eigenvalue weighted by atomic mass is 16.5. The third-order valence-electron chi connectivity index (χ3n) is 1.78. The van der Waals surface area contributed by atoms with E-state index in [0.717, 1.165) is 19.3 Å². The van der Waals surface area contributed by atoms with Crippen LogP contribution in [0.3, 0.4) is 0 Å². The Labute approximate surface area is 79.8 Å². The molecule has 1 N–H and O–H groups in total. The molecule has 13 heavy (non-hydrogen) atoms. The van der Waals surface area contributed by atoms with E-state index in [4.69, 9.17) is 6.42 Å². The lowest BCUT2D eigenvalue weighted by Crippen LogP contribution is -2.37. The highest BCUT2D eigenvalue weighted by Gasteiger charge is 2.16. The number of esters is 1. The van der Waals surface area contributed by atoms with Crippen molar-refractivity contribution in [1.29, 1.82) is 0 Å². The second kappa shape index (κ2) is 7.63. The van der Waals surface area contributed by atoms with Crippen LogP contribution in [0.25, 0.3) is 0 Å². The molecule has 0 saturated heterocycles. The molecule has 0 aliphatic heterocycles. The van der Waals surface area contributed by atoms with Crippen molar-refractivity contribution in [3.05, 3.63) is 0 Å². The summed E-state index contributed by atoms with van der Waals surface area (Å²) < 4.78 is 4.64. The summed E-state index contributed by atoms with van der Waals surface area (Å²) in [6, 6.07) is -0.249. The van der Waals surface area contributed by atoms with E-state index >= 15 is 0 Å². The fourth-order valence-corrected chi connectivity index (χ4v) is 1.04. The number of terminal acetylenes is 1. The highest BCUT2D eigenvalue weighted by molar-refractivity contribution is 5.75. The van der Waals surface area contributed by atoms with Gasteiger partial charge in [-0.3, -0.25) is 10.1 Å². The van der Waals surface area contributed by atoms with Crippen LogP contribution in [-0.2, 0) is 9.53 Å². The van der Waals surface area contributed by atoms with Gasteiger partial charge < -0.3 is 4.74 Å². The quantitative estimate of drug-likeness (QED) is 0.492. The van der Waals surface area contributed by atoms with Gasteiger partial charge in [0.2, 0.25) is 0 Å². The van der Waals surface area contributed by atoms with Gasteiger partial charge in [0.1, 0.15) is 6.04 Å². The van der Waals surface area contributed by atoms with Gasteiger partial charge in [-0.1, -0.05) is 25.7 Å². The molecule has 3 heteroatoms. The first kappa shape index (κ1) is 12.0. The summed E-state index contributed by atoms with van der Waals surface area (Å²) in [5.41, 5.74) is 0. The van der Waals surface area contributed by atoms with Gasteiger partial charge in [0.05, 0.1) is 13.7 Å². The molecular formula is C10H17NO2. The number of carbonyl (C=O) groups is 1. The van der Waals surface area contributed by atoms with Gasteiger partial charge in [0.15, 0.2) is 0 Å². The molecule has 0 rings (SSSR count). The first-order chi connectivity index (χ1) is 6.26. The fraction of sp³-hybridized carbons (Fsp3) is 0.700. The van der Waals surface area contributed by atoms with Crippen LogP contribution in [0.15, 0.2) is 0 Å². The standard InChI is InChI=1S/C10H17NO2/c1-4-6-7-9(10(12)13-3)11-8-5-2/h2,9,11H,4,6-8H2,1,3H3. The van der Waals surface area contributed by atoms with Crippen molar-refractivity contribution in [2.75, 3.05) is 13.7 Å². The monoisotopic (exact) mass is 183 g/mol. The molecule has 0 bridgehead atoms. The lowest BCUT2D eigenvalue weighted by atomic mass is 10.1. The van der Waals surface area contributed by atoms with Gasteiger partial charge in [-0.25, -0.2) is 0 Å². The molecule has 0 heterocycles. The maximum Gasteiger partial charge on any atom is 0.322 e. The Kier molecular flexibility index (Phi) is 7.04. The molecule has 0 amide bonds. The largest absolute Gasteiger partial charge is 0.468 e. The van der Waals surface area contributed by atoms with Crippen LogP contribution in [0.1, 0.15) is 26.2 Å². The molecule has 0 spiro atoms. The predicted octanol–water partition coefficient (Wildman–Crippen LogP) is 0.941. The Hall–Kier alpha value is -1.01. The topological polar surface area (TPSA) is 38.3 Å². The number of unbranched alkanes of at least 4 members (excludes halogenated alkanes) is 1. The summed E-state index contributed by atoms with van der Waals surface area (Å²) in [4.78, 5) is 11.2. The van der Waals surface area contributed by atoms with E-state index < -0.39 is 0 Å². The summed E-state index contributed by atoms with van der Waals surface area (Å²) in [5, 5.41) is 2.94. The molecule has 0 aromatic carbocycles. The van der Waals surface area contributed by atoms with E-state index in [9.17, 15) is 4.79 Å². The molecule has 0 saturated carbocycles. The van der Waals surface area contributed by atoms with Gasteiger partial charge in [0, 0.05) is 0 Å². The van der Waals surface area contributed by atoms with Crippen molar-refractivity contribution >= 4 is 5.97 Å². The molecule has 74 valence electrons. The van der Waals surface area contributed by atoms with Crippen molar-refractivity contribution in [1.82, 2.24) is 5.32 Å². The molecule has 1 atom stereocenters. The summed E-state index contributed by atoms with van der Waals surface area (Å²) in [7, 11) is 1.39. The molecule has 0 radical (unpaired) electrons. The fourth-order valence-electron chi connectivity index (χ4n) is 1.04. The van der Waals surface area contributed by atoms with Crippen molar-refractivity contribution in [2.45, 2.75) is 32.2 Å². The van der Waals surface area contributed by atoms with Crippen molar-refractivity contribution in [2.24, 2.45) is 0 Å². The number of nitrogens with one attached hydrogen (secondary N) is 1. The van der Waals surface area contributed by atoms with Crippen molar-refractivity contribution < 1.29 is 9.53 Å². The molecule has 0 aromatic rings. The van der Waals surface area contributed by atoms with Crippen LogP contribution in [0, 0.1) is 12.3 Å². The van der Waals surface area contributed by atoms with Gasteiger partial charge >= 0.3 is 5.97 Å². The number of ether oxygens (including phenoxy) is 1. The summed E-state index contributed by atoms with van der Waals surface area (Å²) in [5.74, 6) is 2.20. The Morgan fingerprint density at radius 3 is 2.85 bits per heavy atom. The number of hydrogen-bond acceptors (Lipinski definition) is 3. The maximum absolute atomic E-state index is 11.2. The molecule has 0 aliphatic rings. The molecule has 0 aliphatic carbocycles.